The van der Waals surface area contributed by atoms with Crippen LogP contribution in [0.25, 0.3) is 0 Å². The first kappa shape index (κ1) is 12.5. The molecule has 0 bridgehead atoms. The molecule has 0 amide bonds. The van der Waals surface area contributed by atoms with Crippen molar-refractivity contribution in [1.82, 2.24) is 20.4 Å². The van der Waals surface area contributed by atoms with E-state index in [0.29, 0.717) is 12.1 Å². The van der Waals surface area contributed by atoms with Crippen molar-refractivity contribution in [3.8, 4) is 0 Å². The summed E-state index contributed by atoms with van der Waals surface area (Å²) < 4.78 is 4.77. The average molecular weight is 238 g/mol. The van der Waals surface area contributed by atoms with Crippen LogP contribution in [-0.2, 0) is 6.54 Å². The largest absolute Gasteiger partial charge is 0.343 e. The highest BCUT2D eigenvalue weighted by atomic mass is 16.5. The van der Waals surface area contributed by atoms with Crippen molar-refractivity contribution in [2.75, 3.05) is 13.1 Å². The summed E-state index contributed by atoms with van der Waals surface area (Å²) in [6.07, 6.45) is 5.02. The van der Waals surface area contributed by atoms with E-state index in [0.717, 1.165) is 25.5 Å². The fraction of sp³-hybridized carbons (Fsp3) is 0.833. The molecule has 5 heteroatoms. The van der Waals surface area contributed by atoms with Crippen molar-refractivity contribution in [3.05, 3.63) is 12.2 Å². The van der Waals surface area contributed by atoms with Crippen LogP contribution in [0.15, 0.2) is 10.9 Å². The highest BCUT2D eigenvalue weighted by Crippen LogP contribution is 2.18. The summed E-state index contributed by atoms with van der Waals surface area (Å²) in [5.41, 5.74) is 0. The van der Waals surface area contributed by atoms with Crippen molar-refractivity contribution in [3.63, 3.8) is 0 Å². The second-order valence-electron chi connectivity index (χ2n) is 4.84. The lowest BCUT2D eigenvalue weighted by Gasteiger charge is -2.37. The summed E-state index contributed by atoms with van der Waals surface area (Å²) in [7, 11) is 0. The predicted octanol–water partition coefficient (Wildman–Crippen LogP) is 1.42. The van der Waals surface area contributed by atoms with Crippen LogP contribution in [0, 0.1) is 0 Å². The molecule has 1 aromatic rings. The molecule has 5 nitrogen and oxygen atoms in total. The van der Waals surface area contributed by atoms with E-state index in [1.54, 1.807) is 0 Å². The second kappa shape index (κ2) is 6.12. The van der Waals surface area contributed by atoms with Gasteiger partial charge in [-0.3, -0.25) is 4.90 Å². The molecule has 96 valence electrons. The molecule has 0 radical (unpaired) electrons. The monoisotopic (exact) mass is 238 g/mol. The molecule has 0 aliphatic carbocycles. The zero-order valence-corrected chi connectivity index (χ0v) is 10.7. The first-order valence-electron chi connectivity index (χ1n) is 6.52. The SMILES string of the molecule is CCCNC1CCN(Cc2ncon2)C(C)C1. The topological polar surface area (TPSA) is 54.2 Å². The highest BCUT2D eigenvalue weighted by Gasteiger charge is 2.25. The number of hydrogen-bond donors (Lipinski definition) is 1. The van der Waals surface area contributed by atoms with E-state index in [9.17, 15) is 0 Å². The van der Waals surface area contributed by atoms with Crippen molar-refractivity contribution in [1.29, 1.82) is 0 Å². The van der Waals surface area contributed by atoms with E-state index in [-0.39, 0.29) is 0 Å². The van der Waals surface area contributed by atoms with Gasteiger partial charge in [-0.05, 0) is 32.7 Å². The standard InChI is InChI=1S/C12H22N4O/c1-3-5-13-11-4-6-16(10(2)7-11)8-12-14-9-17-15-12/h9-11,13H,3-8H2,1-2H3. The summed E-state index contributed by atoms with van der Waals surface area (Å²) in [5, 5.41) is 7.47. The van der Waals surface area contributed by atoms with E-state index in [4.69, 9.17) is 4.52 Å². The van der Waals surface area contributed by atoms with Crippen molar-refractivity contribution >= 4 is 0 Å². The summed E-state index contributed by atoms with van der Waals surface area (Å²) >= 11 is 0. The summed E-state index contributed by atoms with van der Waals surface area (Å²) in [4.78, 5) is 6.50. The molecule has 1 saturated heterocycles. The molecular formula is C12H22N4O. The molecule has 1 aliphatic rings. The predicted molar refractivity (Wildman–Crippen MR) is 65.5 cm³/mol. The second-order valence-corrected chi connectivity index (χ2v) is 4.84. The molecule has 1 fully saturated rings. The molecule has 2 rings (SSSR count). The van der Waals surface area contributed by atoms with Crippen LogP contribution >= 0.6 is 0 Å². The molecule has 17 heavy (non-hydrogen) atoms. The van der Waals surface area contributed by atoms with Gasteiger partial charge in [0.05, 0.1) is 6.54 Å². The number of rotatable bonds is 5. The van der Waals surface area contributed by atoms with Gasteiger partial charge in [0.15, 0.2) is 5.82 Å². The Kier molecular flexibility index (Phi) is 4.50. The Morgan fingerprint density at radius 3 is 3.12 bits per heavy atom. The minimum absolute atomic E-state index is 0.580. The molecule has 2 atom stereocenters. The molecule has 0 saturated carbocycles. The molecule has 1 aromatic heterocycles. The molecule has 0 aromatic carbocycles. The summed E-state index contributed by atoms with van der Waals surface area (Å²) in [6, 6.07) is 1.25. The molecule has 2 heterocycles. The molecule has 1 aliphatic heterocycles. The maximum absolute atomic E-state index is 4.77. The number of likely N-dealkylation sites (tertiary alicyclic amines) is 1. The summed E-state index contributed by atoms with van der Waals surface area (Å²) in [5.74, 6) is 0.789. The first-order chi connectivity index (χ1) is 8.29. The Labute approximate surface area is 103 Å². The van der Waals surface area contributed by atoms with Gasteiger partial charge in [-0.25, -0.2) is 0 Å². The van der Waals surface area contributed by atoms with Gasteiger partial charge in [-0.1, -0.05) is 12.1 Å². The lowest BCUT2D eigenvalue weighted by Crippen LogP contribution is -2.47. The van der Waals surface area contributed by atoms with Crippen molar-refractivity contribution < 1.29 is 4.52 Å². The maximum atomic E-state index is 4.77. The van der Waals surface area contributed by atoms with Crippen LogP contribution in [0.3, 0.4) is 0 Å². The average Bonchev–Trinajstić information content (AvgIpc) is 2.82. The fourth-order valence-corrected chi connectivity index (χ4v) is 2.43. The Morgan fingerprint density at radius 2 is 2.47 bits per heavy atom. The third-order valence-electron chi connectivity index (χ3n) is 3.45. The number of nitrogens with one attached hydrogen (secondary N) is 1. The zero-order valence-electron chi connectivity index (χ0n) is 10.7. The Balaban J connectivity index is 1.79. The van der Waals surface area contributed by atoms with Crippen LogP contribution in [-0.4, -0.2) is 40.2 Å². The number of nitrogens with zero attached hydrogens (tertiary/aromatic N) is 3. The van der Waals surface area contributed by atoms with Crippen LogP contribution < -0.4 is 5.32 Å². The van der Waals surface area contributed by atoms with E-state index in [1.165, 1.54) is 25.7 Å². The van der Waals surface area contributed by atoms with E-state index in [2.05, 4.69) is 34.2 Å². The van der Waals surface area contributed by atoms with Gasteiger partial charge in [0.2, 0.25) is 6.39 Å². The molecule has 1 N–H and O–H groups in total. The molecular weight excluding hydrogens is 216 g/mol. The van der Waals surface area contributed by atoms with E-state index in [1.807, 2.05) is 0 Å². The quantitative estimate of drug-likeness (QED) is 0.841. The van der Waals surface area contributed by atoms with Crippen LogP contribution in [0.5, 0.6) is 0 Å². The first-order valence-corrected chi connectivity index (χ1v) is 6.52. The van der Waals surface area contributed by atoms with E-state index < -0.39 is 0 Å². The van der Waals surface area contributed by atoms with Crippen LogP contribution in [0.2, 0.25) is 0 Å². The van der Waals surface area contributed by atoms with E-state index >= 15 is 0 Å². The zero-order chi connectivity index (χ0) is 12.1. The van der Waals surface area contributed by atoms with Crippen molar-refractivity contribution in [2.45, 2.75) is 51.7 Å². The fourth-order valence-electron chi connectivity index (χ4n) is 2.43. The summed E-state index contributed by atoms with van der Waals surface area (Å²) in [6.45, 7) is 7.53. The third kappa shape index (κ3) is 3.51. The van der Waals surface area contributed by atoms with Gasteiger partial charge < -0.3 is 9.84 Å². The van der Waals surface area contributed by atoms with Crippen LogP contribution in [0.4, 0.5) is 0 Å². The Bertz CT molecular complexity index is 314. The van der Waals surface area contributed by atoms with Gasteiger partial charge in [-0.2, -0.15) is 4.98 Å². The Morgan fingerprint density at radius 1 is 1.59 bits per heavy atom. The maximum Gasteiger partial charge on any atom is 0.213 e. The van der Waals surface area contributed by atoms with Gasteiger partial charge in [0.25, 0.3) is 0 Å². The van der Waals surface area contributed by atoms with Gasteiger partial charge in [-0.15, -0.1) is 0 Å². The van der Waals surface area contributed by atoms with Crippen molar-refractivity contribution in [2.24, 2.45) is 0 Å². The third-order valence-corrected chi connectivity index (χ3v) is 3.45. The lowest BCUT2D eigenvalue weighted by molar-refractivity contribution is 0.124. The number of aromatic nitrogens is 2. The normalized spacial score (nSPS) is 26.2. The smallest absolute Gasteiger partial charge is 0.213 e. The van der Waals surface area contributed by atoms with Gasteiger partial charge >= 0.3 is 0 Å². The highest BCUT2D eigenvalue weighted by molar-refractivity contribution is 4.86. The minimum Gasteiger partial charge on any atom is -0.343 e. The number of piperidine rings is 1. The lowest BCUT2D eigenvalue weighted by atomic mass is 9.98. The molecule has 2 unspecified atom stereocenters. The Hall–Kier alpha value is -0.940. The number of hydrogen-bond acceptors (Lipinski definition) is 5. The van der Waals surface area contributed by atoms with Crippen LogP contribution in [0.1, 0.15) is 38.9 Å². The van der Waals surface area contributed by atoms with Gasteiger partial charge in [0.1, 0.15) is 0 Å². The molecule has 0 spiro atoms. The minimum atomic E-state index is 0.580. The van der Waals surface area contributed by atoms with Gasteiger partial charge in [0, 0.05) is 18.6 Å².